The molecule has 3 N–H and O–H groups in total. The average Bonchev–Trinajstić information content (AvgIpc) is 2.81. The van der Waals surface area contributed by atoms with Crippen LogP contribution in [0.5, 0.6) is 0 Å². The summed E-state index contributed by atoms with van der Waals surface area (Å²) in [6, 6.07) is -1.35. The van der Waals surface area contributed by atoms with Crippen molar-refractivity contribution in [3.63, 3.8) is 0 Å². The van der Waals surface area contributed by atoms with Crippen LogP contribution >= 0.6 is 0 Å². The molecule has 1 aromatic rings. The number of aryl methyl sites for hydroxylation is 1. The van der Waals surface area contributed by atoms with Gasteiger partial charge in [0.25, 0.3) is 12.3 Å². The summed E-state index contributed by atoms with van der Waals surface area (Å²) in [6.45, 7) is 6.78. The Labute approximate surface area is 134 Å². The molecular weight excluding hydrogens is 308 g/mol. The second kappa shape index (κ2) is 7.94. The Balaban J connectivity index is 2.49. The molecule has 0 spiro atoms. The van der Waals surface area contributed by atoms with Crippen molar-refractivity contribution < 1.29 is 23.1 Å². The van der Waals surface area contributed by atoms with Crippen molar-refractivity contribution in [3.05, 3.63) is 23.5 Å². The fourth-order valence-corrected chi connectivity index (χ4v) is 1.84. The van der Waals surface area contributed by atoms with Gasteiger partial charge in [0.1, 0.15) is 5.60 Å². The maximum Gasteiger partial charge on any atom is 0.407 e. The lowest BCUT2D eigenvalue weighted by atomic mass is 10.1. The predicted molar refractivity (Wildman–Crippen MR) is 81.6 cm³/mol. The van der Waals surface area contributed by atoms with Crippen LogP contribution in [0, 0.1) is 6.92 Å². The van der Waals surface area contributed by atoms with E-state index in [0.29, 0.717) is 11.1 Å². The van der Waals surface area contributed by atoms with E-state index in [2.05, 4.69) is 15.6 Å². The number of hydrogen-bond acceptors (Lipinski definition) is 3. The molecule has 2 amide bonds. The Morgan fingerprint density at radius 1 is 1.30 bits per heavy atom. The Kier molecular flexibility index (Phi) is 6.53. The van der Waals surface area contributed by atoms with E-state index in [1.165, 1.54) is 6.20 Å². The summed E-state index contributed by atoms with van der Waals surface area (Å²) in [5.41, 5.74) is 0.324. The number of alkyl halides is 2. The van der Waals surface area contributed by atoms with Gasteiger partial charge in [0.15, 0.2) is 0 Å². The number of carbonyl (C=O) groups is 2. The number of aromatic amines is 1. The molecule has 130 valence electrons. The molecule has 1 aromatic heterocycles. The largest absolute Gasteiger partial charge is 0.444 e. The van der Waals surface area contributed by atoms with E-state index in [4.69, 9.17) is 4.74 Å². The molecule has 0 radical (unpaired) electrons. The van der Waals surface area contributed by atoms with E-state index < -0.39 is 30.1 Å². The molecule has 0 aliphatic rings. The van der Waals surface area contributed by atoms with Crippen molar-refractivity contribution in [2.75, 3.05) is 6.54 Å². The molecular formula is C15H23F2N3O3. The van der Waals surface area contributed by atoms with Crippen LogP contribution in [-0.4, -0.2) is 41.6 Å². The first-order valence-electron chi connectivity index (χ1n) is 7.29. The first-order chi connectivity index (χ1) is 10.6. The minimum absolute atomic E-state index is 0.0314. The van der Waals surface area contributed by atoms with Gasteiger partial charge in [0.2, 0.25) is 0 Å². The van der Waals surface area contributed by atoms with Crippen LogP contribution in [0.1, 0.15) is 43.1 Å². The van der Waals surface area contributed by atoms with Gasteiger partial charge in [0.05, 0.1) is 11.6 Å². The van der Waals surface area contributed by atoms with Gasteiger partial charge < -0.3 is 20.4 Å². The summed E-state index contributed by atoms with van der Waals surface area (Å²) in [5.74, 6) is -0.577. The van der Waals surface area contributed by atoms with Crippen LogP contribution in [0.25, 0.3) is 0 Å². The third kappa shape index (κ3) is 6.66. The quantitative estimate of drug-likeness (QED) is 0.749. The topological polar surface area (TPSA) is 83.2 Å². The zero-order valence-electron chi connectivity index (χ0n) is 13.7. The minimum atomic E-state index is -2.74. The van der Waals surface area contributed by atoms with Crippen LogP contribution in [0.4, 0.5) is 13.6 Å². The highest BCUT2D eigenvalue weighted by molar-refractivity contribution is 5.95. The molecule has 0 aliphatic carbocycles. The molecule has 0 aromatic carbocycles. The van der Waals surface area contributed by atoms with Crippen molar-refractivity contribution in [1.82, 2.24) is 15.6 Å². The van der Waals surface area contributed by atoms with E-state index in [-0.39, 0.29) is 13.0 Å². The molecule has 1 rings (SSSR count). The Morgan fingerprint density at radius 2 is 1.96 bits per heavy atom. The number of amides is 2. The number of alkyl carbamates (subject to hydrolysis) is 1. The normalized spacial score (nSPS) is 12.8. The number of rotatable bonds is 6. The summed E-state index contributed by atoms with van der Waals surface area (Å²) < 4.78 is 31.1. The summed E-state index contributed by atoms with van der Waals surface area (Å²) in [6.07, 6.45) is -0.466. The van der Waals surface area contributed by atoms with Gasteiger partial charge in [-0.25, -0.2) is 13.6 Å². The van der Waals surface area contributed by atoms with Crippen LogP contribution in [-0.2, 0) is 4.74 Å². The molecule has 0 bridgehead atoms. The number of ether oxygens (including phenoxy) is 1. The highest BCUT2D eigenvalue weighted by Gasteiger charge is 2.24. The first kappa shape index (κ1) is 18.9. The van der Waals surface area contributed by atoms with Crippen molar-refractivity contribution in [2.45, 2.75) is 52.2 Å². The molecule has 6 nitrogen and oxygen atoms in total. The monoisotopic (exact) mass is 331 g/mol. The van der Waals surface area contributed by atoms with Crippen molar-refractivity contribution in [3.8, 4) is 0 Å². The smallest absolute Gasteiger partial charge is 0.407 e. The lowest BCUT2D eigenvalue weighted by Crippen LogP contribution is -2.43. The zero-order chi connectivity index (χ0) is 17.6. The molecule has 0 aliphatic heterocycles. The fraction of sp³-hybridized carbons (Fsp3) is 0.600. The number of halogens is 2. The molecule has 0 fully saturated rings. The Bertz CT molecular complexity index is 538. The van der Waals surface area contributed by atoms with Crippen molar-refractivity contribution >= 4 is 12.0 Å². The predicted octanol–water partition coefficient (Wildman–Crippen LogP) is 2.60. The Hall–Kier alpha value is -2.12. The first-order valence-corrected chi connectivity index (χ1v) is 7.29. The lowest BCUT2D eigenvalue weighted by Gasteiger charge is -2.21. The summed E-state index contributed by atoms with van der Waals surface area (Å²) in [4.78, 5) is 26.1. The standard InChI is InChI=1S/C15H23F2N3O3/c1-9-7-18-8-10(9)13(21)20-11(12(16)17)5-6-19-14(22)23-15(2,3)4/h7-8,11-12,18H,5-6H2,1-4H3,(H,19,22)(H,20,21)/t11-/m1/s1. The van der Waals surface area contributed by atoms with E-state index in [1.54, 1.807) is 33.9 Å². The van der Waals surface area contributed by atoms with Crippen LogP contribution < -0.4 is 10.6 Å². The second-order valence-corrected chi connectivity index (χ2v) is 6.18. The number of aromatic nitrogens is 1. The van der Waals surface area contributed by atoms with Gasteiger partial charge >= 0.3 is 6.09 Å². The number of hydrogen-bond donors (Lipinski definition) is 3. The van der Waals surface area contributed by atoms with Gasteiger partial charge in [-0.1, -0.05) is 0 Å². The average molecular weight is 331 g/mol. The third-order valence-corrected chi connectivity index (χ3v) is 2.94. The van der Waals surface area contributed by atoms with Gasteiger partial charge in [-0.15, -0.1) is 0 Å². The molecule has 23 heavy (non-hydrogen) atoms. The molecule has 8 heteroatoms. The maximum atomic E-state index is 13.0. The van der Waals surface area contributed by atoms with Crippen molar-refractivity contribution in [2.24, 2.45) is 0 Å². The second-order valence-electron chi connectivity index (χ2n) is 6.18. The highest BCUT2D eigenvalue weighted by atomic mass is 19.3. The fourth-order valence-electron chi connectivity index (χ4n) is 1.84. The van der Waals surface area contributed by atoms with Gasteiger partial charge in [0, 0.05) is 18.9 Å². The molecule has 0 saturated heterocycles. The molecule has 0 unspecified atom stereocenters. The highest BCUT2D eigenvalue weighted by Crippen LogP contribution is 2.10. The maximum absolute atomic E-state index is 13.0. The molecule has 0 saturated carbocycles. The number of carbonyl (C=O) groups excluding carboxylic acids is 2. The molecule has 1 heterocycles. The third-order valence-electron chi connectivity index (χ3n) is 2.94. The van der Waals surface area contributed by atoms with Gasteiger partial charge in [-0.2, -0.15) is 0 Å². The summed E-state index contributed by atoms with van der Waals surface area (Å²) in [5, 5.41) is 4.67. The lowest BCUT2D eigenvalue weighted by molar-refractivity contribution is 0.0510. The van der Waals surface area contributed by atoms with Crippen molar-refractivity contribution in [1.29, 1.82) is 0 Å². The zero-order valence-corrected chi connectivity index (χ0v) is 13.7. The van der Waals surface area contributed by atoms with E-state index in [1.807, 2.05) is 0 Å². The number of nitrogens with one attached hydrogen (secondary N) is 3. The van der Waals surface area contributed by atoms with Gasteiger partial charge in [-0.3, -0.25) is 4.79 Å². The molecule has 1 atom stereocenters. The van der Waals surface area contributed by atoms with Gasteiger partial charge in [-0.05, 0) is 39.7 Å². The van der Waals surface area contributed by atoms with Crippen LogP contribution in [0.2, 0.25) is 0 Å². The minimum Gasteiger partial charge on any atom is -0.444 e. The summed E-state index contributed by atoms with van der Waals surface area (Å²) in [7, 11) is 0. The van der Waals surface area contributed by atoms with Crippen LogP contribution in [0.15, 0.2) is 12.4 Å². The van der Waals surface area contributed by atoms with Crippen LogP contribution in [0.3, 0.4) is 0 Å². The van der Waals surface area contributed by atoms with E-state index in [0.717, 1.165) is 0 Å². The van der Waals surface area contributed by atoms with E-state index >= 15 is 0 Å². The number of H-pyrrole nitrogens is 1. The Morgan fingerprint density at radius 3 is 2.43 bits per heavy atom. The van der Waals surface area contributed by atoms with E-state index in [9.17, 15) is 18.4 Å². The SMILES string of the molecule is Cc1c[nH]cc1C(=O)N[C@H](CCNC(=O)OC(C)(C)C)C(F)F. The summed E-state index contributed by atoms with van der Waals surface area (Å²) >= 11 is 0.